The van der Waals surface area contributed by atoms with Crippen molar-refractivity contribution in [1.82, 2.24) is 15.0 Å². The van der Waals surface area contributed by atoms with Crippen LogP contribution in [0.15, 0.2) is 30.7 Å². The van der Waals surface area contributed by atoms with Crippen LogP contribution in [0.1, 0.15) is 5.56 Å². The molecule has 0 radical (unpaired) electrons. The third-order valence-corrected chi connectivity index (χ3v) is 3.58. The van der Waals surface area contributed by atoms with Gasteiger partial charge in [-0.3, -0.25) is 0 Å². The van der Waals surface area contributed by atoms with Gasteiger partial charge < -0.3 is 15.5 Å². The number of aryl methyl sites for hydroxylation is 1. The van der Waals surface area contributed by atoms with E-state index >= 15 is 0 Å². The summed E-state index contributed by atoms with van der Waals surface area (Å²) < 4.78 is 0. The van der Waals surface area contributed by atoms with Gasteiger partial charge in [-0.2, -0.15) is 0 Å². The van der Waals surface area contributed by atoms with Crippen LogP contribution < -0.4 is 15.5 Å². The number of hydrogen-bond donors (Lipinski definition) is 1. The lowest BCUT2D eigenvalue weighted by Crippen LogP contribution is -2.47. The summed E-state index contributed by atoms with van der Waals surface area (Å²) in [6.45, 7) is 5.67. The van der Waals surface area contributed by atoms with E-state index in [1.165, 1.54) is 0 Å². The van der Waals surface area contributed by atoms with E-state index in [-0.39, 0.29) is 0 Å². The molecule has 3 heterocycles. The minimum Gasteiger partial charge on any atom is -0.383 e. The fraction of sp³-hybridized carbons (Fsp3) is 0.357. The topological polar surface area (TPSA) is 71.2 Å². The van der Waals surface area contributed by atoms with Crippen LogP contribution in [-0.2, 0) is 0 Å². The summed E-state index contributed by atoms with van der Waals surface area (Å²) in [6, 6.07) is 3.93. The number of piperazine rings is 1. The summed E-state index contributed by atoms with van der Waals surface area (Å²) in [7, 11) is 0. The van der Waals surface area contributed by atoms with Gasteiger partial charge in [-0.05, 0) is 24.6 Å². The van der Waals surface area contributed by atoms with E-state index in [2.05, 4.69) is 30.8 Å². The number of nitrogens with zero attached hydrogens (tertiary/aromatic N) is 5. The SMILES string of the molecule is Cc1cc(N2CCN(c3ncccn3)CC2)cnc1N. The molecule has 0 aromatic carbocycles. The molecular weight excluding hydrogens is 252 g/mol. The van der Waals surface area contributed by atoms with E-state index in [1.807, 2.05) is 19.2 Å². The average molecular weight is 270 g/mol. The average Bonchev–Trinajstić information content (AvgIpc) is 2.51. The summed E-state index contributed by atoms with van der Waals surface area (Å²) in [5.74, 6) is 1.41. The van der Waals surface area contributed by atoms with Crippen LogP contribution in [0.2, 0.25) is 0 Å². The first-order valence-electron chi connectivity index (χ1n) is 6.73. The van der Waals surface area contributed by atoms with Crippen LogP contribution >= 0.6 is 0 Å². The summed E-state index contributed by atoms with van der Waals surface area (Å²) in [6.07, 6.45) is 5.40. The molecule has 1 fully saturated rings. The van der Waals surface area contributed by atoms with Crippen molar-refractivity contribution >= 4 is 17.5 Å². The smallest absolute Gasteiger partial charge is 0.225 e. The van der Waals surface area contributed by atoms with E-state index in [4.69, 9.17) is 5.73 Å². The monoisotopic (exact) mass is 270 g/mol. The number of aromatic nitrogens is 3. The quantitative estimate of drug-likeness (QED) is 0.880. The number of rotatable bonds is 2. The van der Waals surface area contributed by atoms with E-state index in [1.54, 1.807) is 12.4 Å². The van der Waals surface area contributed by atoms with Crippen molar-refractivity contribution in [3.63, 3.8) is 0 Å². The standard InChI is InChI=1S/C14H18N6/c1-11-9-12(10-18-13(11)15)19-5-7-20(8-6-19)14-16-3-2-4-17-14/h2-4,9-10H,5-8H2,1H3,(H2,15,18). The Kier molecular flexibility index (Phi) is 3.37. The molecule has 1 aliphatic heterocycles. The second kappa shape index (κ2) is 5.32. The van der Waals surface area contributed by atoms with Gasteiger partial charge in [-0.15, -0.1) is 0 Å². The largest absolute Gasteiger partial charge is 0.383 e. The number of nitrogens with two attached hydrogens (primary N) is 1. The van der Waals surface area contributed by atoms with E-state index in [0.717, 1.165) is 43.4 Å². The van der Waals surface area contributed by atoms with Gasteiger partial charge in [0.25, 0.3) is 0 Å². The summed E-state index contributed by atoms with van der Waals surface area (Å²) in [5, 5.41) is 0. The molecule has 20 heavy (non-hydrogen) atoms. The minimum absolute atomic E-state index is 0.602. The lowest BCUT2D eigenvalue weighted by atomic mass is 10.2. The van der Waals surface area contributed by atoms with Crippen LogP contribution in [0.3, 0.4) is 0 Å². The molecule has 0 aliphatic carbocycles. The Morgan fingerprint density at radius 3 is 2.30 bits per heavy atom. The van der Waals surface area contributed by atoms with Crippen LogP contribution in [0, 0.1) is 6.92 Å². The normalized spacial score (nSPS) is 15.4. The molecule has 2 N–H and O–H groups in total. The Hall–Kier alpha value is -2.37. The minimum atomic E-state index is 0.602. The molecule has 0 amide bonds. The number of nitrogen functional groups attached to an aromatic ring is 1. The van der Waals surface area contributed by atoms with Gasteiger partial charge in [0.05, 0.1) is 11.9 Å². The van der Waals surface area contributed by atoms with Crippen LogP contribution in [0.4, 0.5) is 17.5 Å². The highest BCUT2D eigenvalue weighted by Gasteiger charge is 2.19. The molecule has 0 bridgehead atoms. The lowest BCUT2D eigenvalue weighted by Gasteiger charge is -2.36. The van der Waals surface area contributed by atoms with E-state index < -0.39 is 0 Å². The highest BCUT2D eigenvalue weighted by atomic mass is 15.3. The predicted octanol–water partition coefficient (Wildman–Crippen LogP) is 1.09. The zero-order valence-corrected chi connectivity index (χ0v) is 11.5. The number of hydrogen-bond acceptors (Lipinski definition) is 6. The first-order chi connectivity index (χ1) is 9.74. The molecule has 1 saturated heterocycles. The molecule has 6 nitrogen and oxygen atoms in total. The molecule has 3 rings (SSSR count). The Morgan fingerprint density at radius 2 is 1.65 bits per heavy atom. The zero-order chi connectivity index (χ0) is 13.9. The molecule has 6 heteroatoms. The van der Waals surface area contributed by atoms with E-state index in [0.29, 0.717) is 5.82 Å². The molecule has 2 aromatic heterocycles. The van der Waals surface area contributed by atoms with E-state index in [9.17, 15) is 0 Å². The molecule has 104 valence electrons. The van der Waals surface area contributed by atoms with Crippen LogP contribution in [0.5, 0.6) is 0 Å². The molecule has 1 aliphatic rings. The predicted molar refractivity (Wildman–Crippen MR) is 79.8 cm³/mol. The van der Waals surface area contributed by atoms with Gasteiger partial charge in [0, 0.05) is 38.6 Å². The number of anilines is 3. The van der Waals surface area contributed by atoms with Crippen molar-refractivity contribution < 1.29 is 0 Å². The Balaban J connectivity index is 1.68. The number of pyridine rings is 1. The fourth-order valence-electron chi connectivity index (χ4n) is 2.36. The van der Waals surface area contributed by atoms with Gasteiger partial charge >= 0.3 is 0 Å². The Morgan fingerprint density at radius 1 is 1.00 bits per heavy atom. The summed E-state index contributed by atoms with van der Waals surface area (Å²) >= 11 is 0. The lowest BCUT2D eigenvalue weighted by molar-refractivity contribution is 0.639. The van der Waals surface area contributed by atoms with Crippen molar-refractivity contribution in [2.24, 2.45) is 0 Å². The van der Waals surface area contributed by atoms with Crippen molar-refractivity contribution in [1.29, 1.82) is 0 Å². The molecule has 0 saturated carbocycles. The van der Waals surface area contributed by atoms with Crippen molar-refractivity contribution in [3.05, 3.63) is 36.3 Å². The maximum Gasteiger partial charge on any atom is 0.225 e. The maximum absolute atomic E-state index is 5.76. The molecule has 0 spiro atoms. The van der Waals surface area contributed by atoms with Gasteiger partial charge in [0.2, 0.25) is 5.95 Å². The molecule has 0 atom stereocenters. The maximum atomic E-state index is 5.76. The second-order valence-corrected chi connectivity index (χ2v) is 4.92. The highest BCUT2D eigenvalue weighted by molar-refractivity contribution is 5.53. The first-order valence-corrected chi connectivity index (χ1v) is 6.73. The Labute approximate surface area is 118 Å². The zero-order valence-electron chi connectivity index (χ0n) is 11.5. The van der Waals surface area contributed by atoms with Crippen LogP contribution in [-0.4, -0.2) is 41.1 Å². The van der Waals surface area contributed by atoms with Gasteiger partial charge in [0.15, 0.2) is 0 Å². The third-order valence-electron chi connectivity index (χ3n) is 3.58. The Bertz CT molecular complexity index is 577. The van der Waals surface area contributed by atoms with Gasteiger partial charge in [0.1, 0.15) is 5.82 Å². The summed E-state index contributed by atoms with van der Waals surface area (Å²) in [4.78, 5) is 17.3. The van der Waals surface area contributed by atoms with Crippen molar-refractivity contribution in [2.75, 3.05) is 41.7 Å². The van der Waals surface area contributed by atoms with Crippen molar-refractivity contribution in [3.8, 4) is 0 Å². The van der Waals surface area contributed by atoms with Gasteiger partial charge in [-0.1, -0.05) is 0 Å². The molecule has 0 unspecified atom stereocenters. The van der Waals surface area contributed by atoms with Crippen LogP contribution in [0.25, 0.3) is 0 Å². The summed E-state index contributed by atoms with van der Waals surface area (Å²) in [5.41, 5.74) is 7.92. The third kappa shape index (κ3) is 2.49. The molecular formula is C14H18N6. The second-order valence-electron chi connectivity index (χ2n) is 4.92. The highest BCUT2D eigenvalue weighted by Crippen LogP contribution is 2.20. The van der Waals surface area contributed by atoms with Gasteiger partial charge in [-0.25, -0.2) is 15.0 Å². The first kappa shape index (κ1) is 12.7. The molecule has 2 aromatic rings. The fourth-order valence-corrected chi connectivity index (χ4v) is 2.36. The van der Waals surface area contributed by atoms with Crippen molar-refractivity contribution in [2.45, 2.75) is 6.92 Å².